The number of carbonyl (C=O) groups is 2. The van der Waals surface area contributed by atoms with Crippen LogP contribution in [0.2, 0.25) is 18.1 Å². The van der Waals surface area contributed by atoms with Crippen LogP contribution in [0.4, 0.5) is 10.5 Å². The number of amides is 2. The minimum Gasteiger partial charge on any atom is -0.504 e. The molecule has 0 aromatic heterocycles. The predicted octanol–water partition coefficient (Wildman–Crippen LogP) is 3.85. The SMILES string of the molecule is COc1cc2c(cc1O)N(C(=O)O)C(O[Si](C)(C)C(C)(C)C)[C@@H]1C[C@@H]3C[C@@H]3N1C2=O. The molecule has 1 aliphatic carbocycles. The number of methoxy groups -OCH3 is 1. The van der Waals surface area contributed by atoms with E-state index >= 15 is 0 Å². The highest BCUT2D eigenvalue weighted by atomic mass is 28.4. The van der Waals surface area contributed by atoms with Crippen LogP contribution in [0, 0.1) is 5.92 Å². The van der Waals surface area contributed by atoms with Crippen molar-refractivity contribution in [3.05, 3.63) is 17.7 Å². The van der Waals surface area contributed by atoms with E-state index in [1.807, 2.05) is 4.90 Å². The molecule has 4 atom stereocenters. The molecule has 1 saturated carbocycles. The minimum absolute atomic E-state index is 0.120. The van der Waals surface area contributed by atoms with Gasteiger partial charge in [-0.1, -0.05) is 20.8 Å². The molecule has 2 N–H and O–H groups in total. The number of carboxylic acid groups (broad SMARTS) is 1. The van der Waals surface area contributed by atoms with Crippen molar-refractivity contribution in [3.8, 4) is 11.5 Å². The van der Waals surface area contributed by atoms with Gasteiger partial charge in [0.2, 0.25) is 0 Å². The molecular formula is C21H30N2O6Si. The van der Waals surface area contributed by atoms with Gasteiger partial charge in [0.15, 0.2) is 26.0 Å². The highest BCUT2D eigenvalue weighted by molar-refractivity contribution is 6.74. The van der Waals surface area contributed by atoms with Crippen LogP contribution < -0.4 is 9.64 Å². The monoisotopic (exact) mass is 434 g/mol. The van der Waals surface area contributed by atoms with Gasteiger partial charge in [-0.05, 0) is 43.0 Å². The van der Waals surface area contributed by atoms with Gasteiger partial charge in [0.25, 0.3) is 5.91 Å². The van der Waals surface area contributed by atoms with Crippen LogP contribution >= 0.6 is 0 Å². The Hall–Kier alpha value is -2.26. The van der Waals surface area contributed by atoms with Gasteiger partial charge < -0.3 is 24.3 Å². The van der Waals surface area contributed by atoms with E-state index < -0.39 is 20.6 Å². The number of benzene rings is 1. The van der Waals surface area contributed by atoms with Crippen LogP contribution in [0.5, 0.6) is 11.5 Å². The molecular weight excluding hydrogens is 404 g/mol. The summed E-state index contributed by atoms with van der Waals surface area (Å²) in [5.74, 6) is 0.0820. The summed E-state index contributed by atoms with van der Waals surface area (Å²) >= 11 is 0. The molecule has 8 nitrogen and oxygen atoms in total. The van der Waals surface area contributed by atoms with Crippen molar-refractivity contribution in [2.75, 3.05) is 12.0 Å². The van der Waals surface area contributed by atoms with Gasteiger partial charge in [-0.2, -0.15) is 0 Å². The Morgan fingerprint density at radius 1 is 1.20 bits per heavy atom. The highest BCUT2D eigenvalue weighted by Gasteiger charge is 2.60. The van der Waals surface area contributed by atoms with E-state index in [4.69, 9.17) is 9.16 Å². The van der Waals surface area contributed by atoms with E-state index in [1.165, 1.54) is 19.2 Å². The van der Waals surface area contributed by atoms with Crippen molar-refractivity contribution in [1.82, 2.24) is 4.90 Å². The third-order valence-corrected chi connectivity index (χ3v) is 11.6. The normalized spacial score (nSPS) is 27.9. The zero-order valence-electron chi connectivity index (χ0n) is 18.3. The summed E-state index contributed by atoms with van der Waals surface area (Å²) < 4.78 is 11.8. The van der Waals surface area contributed by atoms with Crippen LogP contribution in [0.15, 0.2) is 12.1 Å². The Bertz CT molecular complexity index is 911. The molecule has 0 bridgehead atoms. The summed E-state index contributed by atoms with van der Waals surface area (Å²) in [5, 5.41) is 20.4. The van der Waals surface area contributed by atoms with E-state index in [-0.39, 0.29) is 45.8 Å². The van der Waals surface area contributed by atoms with Gasteiger partial charge in [0, 0.05) is 12.1 Å². The lowest BCUT2D eigenvalue weighted by molar-refractivity contribution is 0.0471. The highest BCUT2D eigenvalue weighted by Crippen LogP contribution is 2.53. The molecule has 2 amide bonds. The van der Waals surface area contributed by atoms with Crippen LogP contribution in [0.1, 0.15) is 44.0 Å². The summed E-state index contributed by atoms with van der Waals surface area (Å²) in [7, 11) is -0.975. The van der Waals surface area contributed by atoms with Crippen LogP contribution in [-0.2, 0) is 4.43 Å². The molecule has 3 aliphatic rings. The molecule has 2 aliphatic heterocycles. The first kappa shape index (κ1) is 21.0. The van der Waals surface area contributed by atoms with Gasteiger partial charge in [-0.3, -0.25) is 4.79 Å². The second-order valence-corrected chi connectivity index (χ2v) is 14.8. The zero-order valence-corrected chi connectivity index (χ0v) is 19.3. The average molecular weight is 435 g/mol. The van der Waals surface area contributed by atoms with Gasteiger partial charge in [-0.15, -0.1) is 0 Å². The summed E-state index contributed by atoms with van der Waals surface area (Å²) in [6.07, 6.45) is -0.377. The Labute approximate surface area is 177 Å². The molecule has 1 saturated heterocycles. The molecule has 0 radical (unpaired) electrons. The quantitative estimate of drug-likeness (QED) is 0.701. The molecule has 1 aromatic carbocycles. The lowest BCUT2D eigenvalue weighted by atomic mass is 10.1. The van der Waals surface area contributed by atoms with Crippen LogP contribution in [-0.4, -0.2) is 60.9 Å². The fourth-order valence-electron chi connectivity index (χ4n) is 4.41. The fourth-order valence-corrected chi connectivity index (χ4v) is 5.63. The molecule has 2 heterocycles. The number of fused-ring (bicyclic) bond motifs is 4. The maximum atomic E-state index is 13.5. The van der Waals surface area contributed by atoms with Crippen molar-refractivity contribution >= 4 is 26.0 Å². The number of piperidine rings is 1. The number of anilines is 1. The fraction of sp³-hybridized carbons (Fsp3) is 0.619. The Balaban J connectivity index is 1.89. The van der Waals surface area contributed by atoms with E-state index in [2.05, 4.69) is 33.9 Å². The van der Waals surface area contributed by atoms with Gasteiger partial charge in [0.1, 0.15) is 0 Å². The second kappa shape index (κ2) is 6.62. The number of phenols is 1. The summed E-state index contributed by atoms with van der Waals surface area (Å²) in [5.41, 5.74) is 0.354. The molecule has 9 heteroatoms. The molecule has 0 spiro atoms. The first-order valence-corrected chi connectivity index (χ1v) is 13.2. The lowest BCUT2D eigenvalue weighted by Crippen LogP contribution is -2.58. The Morgan fingerprint density at radius 3 is 2.40 bits per heavy atom. The summed E-state index contributed by atoms with van der Waals surface area (Å²) in [6, 6.07) is 2.50. The third-order valence-electron chi connectivity index (χ3n) is 7.18. The van der Waals surface area contributed by atoms with Crippen molar-refractivity contribution in [1.29, 1.82) is 0 Å². The second-order valence-electron chi connectivity index (χ2n) is 10.0. The number of phenolic OH excluding ortho intramolecular Hbond substituents is 1. The standard InChI is InChI=1S/C21H30N2O6Si/c1-21(2,3)30(5,6)29-19-15-8-11-7-13(11)22(15)18(25)12-9-17(28-4)16(24)10-14(12)23(19)20(26)27/h9-11,13,15,19,24H,7-8H2,1-6H3,(H,26,27)/t11-,13-,15-,19?/m0/s1. The number of hydrogen-bond donors (Lipinski definition) is 2. The van der Waals surface area contributed by atoms with Crippen molar-refractivity contribution in [2.45, 2.75) is 70.1 Å². The number of rotatable bonds is 3. The molecule has 1 aromatic rings. The Morgan fingerprint density at radius 2 is 1.83 bits per heavy atom. The summed E-state index contributed by atoms with van der Waals surface area (Å²) in [6.45, 7) is 10.4. The molecule has 2 fully saturated rings. The topological polar surface area (TPSA) is 99.5 Å². The number of ether oxygens (including phenoxy) is 1. The van der Waals surface area contributed by atoms with Crippen LogP contribution in [0.3, 0.4) is 0 Å². The number of aromatic hydroxyl groups is 1. The van der Waals surface area contributed by atoms with Gasteiger partial charge >= 0.3 is 6.09 Å². The molecule has 164 valence electrons. The first-order chi connectivity index (χ1) is 13.9. The van der Waals surface area contributed by atoms with E-state index in [1.54, 1.807) is 0 Å². The van der Waals surface area contributed by atoms with E-state index in [9.17, 15) is 19.8 Å². The largest absolute Gasteiger partial charge is 0.504 e. The van der Waals surface area contributed by atoms with Crippen molar-refractivity contribution < 1.29 is 29.0 Å². The smallest absolute Gasteiger partial charge is 0.414 e. The molecule has 4 rings (SSSR count). The first-order valence-electron chi connectivity index (χ1n) is 10.3. The lowest BCUT2D eigenvalue weighted by Gasteiger charge is -2.44. The number of nitrogens with zero attached hydrogens (tertiary/aromatic N) is 2. The zero-order chi connectivity index (χ0) is 22.2. The Kier molecular flexibility index (Phi) is 4.63. The van der Waals surface area contributed by atoms with E-state index in [0.717, 1.165) is 17.7 Å². The summed E-state index contributed by atoms with van der Waals surface area (Å²) in [4.78, 5) is 29.0. The minimum atomic E-state index is -2.37. The molecule has 1 unspecified atom stereocenters. The maximum Gasteiger partial charge on any atom is 0.414 e. The van der Waals surface area contributed by atoms with Gasteiger partial charge in [-0.25, -0.2) is 9.69 Å². The van der Waals surface area contributed by atoms with Gasteiger partial charge in [0.05, 0.1) is 24.4 Å². The maximum absolute atomic E-state index is 13.5. The predicted molar refractivity (Wildman–Crippen MR) is 114 cm³/mol. The number of carbonyl (C=O) groups excluding carboxylic acids is 1. The third kappa shape index (κ3) is 3.06. The van der Waals surface area contributed by atoms with Crippen molar-refractivity contribution in [3.63, 3.8) is 0 Å². The van der Waals surface area contributed by atoms with E-state index in [0.29, 0.717) is 5.92 Å². The molecule has 30 heavy (non-hydrogen) atoms. The average Bonchev–Trinajstić information content (AvgIpc) is 3.30. The van der Waals surface area contributed by atoms with Crippen LogP contribution in [0.25, 0.3) is 0 Å². The number of hydrogen-bond acceptors (Lipinski definition) is 5. The van der Waals surface area contributed by atoms with Crippen molar-refractivity contribution in [2.24, 2.45) is 5.92 Å².